The number of unbranched alkanes of at least 4 members (excludes halogenated alkanes) is 9. The highest BCUT2D eigenvalue weighted by atomic mass is 16.3. The normalized spacial score (nSPS) is 11.1. The molecule has 0 radical (unpaired) electrons. The number of carbonyl (C=O) groups is 1. The van der Waals surface area contributed by atoms with Gasteiger partial charge in [0.15, 0.2) is 5.82 Å². The van der Waals surface area contributed by atoms with Crippen LogP contribution in [0.5, 0.6) is 5.75 Å². The Morgan fingerprint density at radius 1 is 0.829 bits per heavy atom. The van der Waals surface area contributed by atoms with Crippen LogP contribution in [0.3, 0.4) is 0 Å². The van der Waals surface area contributed by atoms with Gasteiger partial charge in [-0.1, -0.05) is 70.8 Å². The van der Waals surface area contributed by atoms with Gasteiger partial charge >= 0.3 is 6.03 Å². The lowest BCUT2D eigenvalue weighted by molar-refractivity contribution is 0.252. The highest BCUT2D eigenvalue weighted by molar-refractivity contribution is 5.90. The van der Waals surface area contributed by atoms with Crippen LogP contribution < -0.4 is 10.6 Å². The van der Waals surface area contributed by atoms with Crippen LogP contribution in [-0.2, 0) is 0 Å². The highest BCUT2D eigenvalue weighted by Gasteiger charge is 2.09. The summed E-state index contributed by atoms with van der Waals surface area (Å²) in [5.41, 5.74) is 5.13. The lowest BCUT2D eigenvalue weighted by Crippen LogP contribution is -2.29. The highest BCUT2D eigenvalue weighted by Crippen LogP contribution is 2.30. The molecule has 0 aliphatic heterocycles. The summed E-state index contributed by atoms with van der Waals surface area (Å²) < 4.78 is 0. The fourth-order valence-corrected chi connectivity index (χ4v) is 4.35. The molecule has 2 amide bonds. The van der Waals surface area contributed by atoms with Gasteiger partial charge in [-0.3, -0.25) is 10.3 Å². The van der Waals surface area contributed by atoms with Crippen molar-refractivity contribution in [2.45, 2.75) is 85.0 Å². The summed E-state index contributed by atoms with van der Waals surface area (Å²) in [6, 6.07) is 9.54. The number of carbonyl (C=O) groups excluding carboxylic acids is 1. The molecule has 0 bridgehead atoms. The molecule has 1 heterocycles. The van der Waals surface area contributed by atoms with Gasteiger partial charge in [-0.25, -0.2) is 9.78 Å². The summed E-state index contributed by atoms with van der Waals surface area (Å²) in [5, 5.41) is 15.8. The molecule has 0 saturated carbocycles. The van der Waals surface area contributed by atoms with Crippen molar-refractivity contribution in [1.29, 1.82) is 0 Å². The molecule has 0 saturated heterocycles. The number of aromatic nitrogens is 2. The molecule has 1 aromatic heterocycles. The number of rotatable bonds is 13. The Bertz CT molecular complexity index is 1090. The minimum Gasteiger partial charge on any atom is -0.507 e. The number of nitrogens with zero attached hydrogens (tertiary/aromatic N) is 2. The minimum absolute atomic E-state index is 0.254. The van der Waals surface area contributed by atoms with Gasteiger partial charge in [0, 0.05) is 6.54 Å². The summed E-state index contributed by atoms with van der Waals surface area (Å²) in [6.07, 6.45) is 14.3. The fraction of sp³-hybridized carbons (Fsp3) is 0.483. The number of hydrogen-bond acceptors (Lipinski definition) is 4. The van der Waals surface area contributed by atoms with Crippen LogP contribution in [0.4, 0.5) is 10.6 Å². The number of benzene rings is 2. The smallest absolute Gasteiger partial charge is 0.320 e. The number of urea groups is 1. The van der Waals surface area contributed by atoms with E-state index in [2.05, 4.69) is 27.5 Å². The standard InChI is InChI=1S/C29H40N4O2/c1-4-5-6-7-8-9-10-11-12-13-16-30-29(35)33-27-20-31-25-15-14-23(19-26(25)32-27)24-17-21(2)28(34)22(3)18-24/h14-15,17-20,34H,4-13,16H2,1-3H3,(H2,30,32,33,35). The first kappa shape index (κ1) is 26.5. The molecule has 6 nitrogen and oxygen atoms in total. The third-order valence-electron chi connectivity index (χ3n) is 6.42. The maximum absolute atomic E-state index is 12.3. The molecule has 3 rings (SSSR count). The quantitative estimate of drug-likeness (QED) is 0.221. The lowest BCUT2D eigenvalue weighted by Gasteiger charge is -2.10. The SMILES string of the molecule is CCCCCCCCCCCCNC(=O)Nc1cnc2ccc(-c3cc(C)c(O)c(C)c3)cc2n1. The second-order valence-electron chi connectivity index (χ2n) is 9.48. The van der Waals surface area contributed by atoms with E-state index in [0.717, 1.165) is 40.6 Å². The van der Waals surface area contributed by atoms with Crippen LogP contribution in [0.1, 0.15) is 82.3 Å². The Kier molecular flexibility index (Phi) is 10.3. The third-order valence-corrected chi connectivity index (χ3v) is 6.42. The zero-order valence-corrected chi connectivity index (χ0v) is 21.5. The monoisotopic (exact) mass is 476 g/mol. The topological polar surface area (TPSA) is 87.1 Å². The molecule has 188 valence electrons. The van der Waals surface area contributed by atoms with Crippen LogP contribution in [0.15, 0.2) is 36.5 Å². The van der Waals surface area contributed by atoms with Crippen molar-refractivity contribution < 1.29 is 9.90 Å². The van der Waals surface area contributed by atoms with Gasteiger partial charge in [0.2, 0.25) is 0 Å². The number of amides is 2. The molecule has 0 atom stereocenters. The predicted octanol–water partition coefficient (Wildman–Crippen LogP) is 7.66. The second-order valence-corrected chi connectivity index (χ2v) is 9.48. The van der Waals surface area contributed by atoms with Gasteiger partial charge in [-0.05, 0) is 66.8 Å². The number of aromatic hydroxyl groups is 1. The molecule has 0 aliphatic rings. The number of aryl methyl sites for hydroxylation is 2. The predicted molar refractivity (Wildman–Crippen MR) is 145 cm³/mol. The van der Waals surface area contributed by atoms with E-state index < -0.39 is 0 Å². The van der Waals surface area contributed by atoms with Crippen LogP contribution in [0, 0.1) is 13.8 Å². The number of fused-ring (bicyclic) bond motifs is 1. The summed E-state index contributed by atoms with van der Waals surface area (Å²) >= 11 is 0. The molecule has 3 aromatic rings. The van der Waals surface area contributed by atoms with Gasteiger partial charge in [-0.2, -0.15) is 0 Å². The average molecular weight is 477 g/mol. The van der Waals surface area contributed by atoms with E-state index in [1.807, 2.05) is 44.2 Å². The van der Waals surface area contributed by atoms with Gasteiger partial charge in [0.25, 0.3) is 0 Å². The fourth-order valence-electron chi connectivity index (χ4n) is 4.35. The van der Waals surface area contributed by atoms with Crippen molar-refractivity contribution in [1.82, 2.24) is 15.3 Å². The van der Waals surface area contributed by atoms with Gasteiger partial charge in [0.1, 0.15) is 5.75 Å². The molecule has 0 aliphatic carbocycles. The molecule has 6 heteroatoms. The van der Waals surface area contributed by atoms with Gasteiger partial charge in [0.05, 0.1) is 17.2 Å². The van der Waals surface area contributed by atoms with E-state index in [0.29, 0.717) is 23.6 Å². The van der Waals surface area contributed by atoms with E-state index in [4.69, 9.17) is 0 Å². The average Bonchev–Trinajstić information content (AvgIpc) is 2.85. The number of hydrogen-bond donors (Lipinski definition) is 3. The van der Waals surface area contributed by atoms with Crippen molar-refractivity contribution in [3.63, 3.8) is 0 Å². The molecule has 35 heavy (non-hydrogen) atoms. The summed E-state index contributed by atoms with van der Waals surface area (Å²) in [7, 11) is 0. The molecular weight excluding hydrogens is 436 g/mol. The first-order valence-corrected chi connectivity index (χ1v) is 13.1. The van der Waals surface area contributed by atoms with Gasteiger partial charge in [-0.15, -0.1) is 0 Å². The summed E-state index contributed by atoms with van der Waals surface area (Å²) in [5.74, 6) is 0.748. The first-order valence-electron chi connectivity index (χ1n) is 13.1. The molecule has 3 N–H and O–H groups in total. The van der Waals surface area contributed by atoms with Crippen LogP contribution >= 0.6 is 0 Å². The van der Waals surface area contributed by atoms with Crippen molar-refractivity contribution in [2.24, 2.45) is 0 Å². The Morgan fingerprint density at radius 3 is 2.11 bits per heavy atom. The Labute approximate surface area is 209 Å². The molecular formula is C29H40N4O2. The number of anilines is 1. The largest absolute Gasteiger partial charge is 0.507 e. The summed E-state index contributed by atoms with van der Waals surface area (Å²) in [6.45, 7) is 6.69. The van der Waals surface area contributed by atoms with E-state index in [-0.39, 0.29) is 6.03 Å². The zero-order chi connectivity index (χ0) is 25.0. The number of phenolic OH excluding ortho intramolecular Hbond substituents is 1. The van der Waals surface area contributed by atoms with E-state index in [1.54, 1.807) is 6.20 Å². The van der Waals surface area contributed by atoms with Crippen LogP contribution in [0.25, 0.3) is 22.2 Å². The maximum atomic E-state index is 12.3. The van der Waals surface area contributed by atoms with E-state index in [1.165, 1.54) is 51.4 Å². The Morgan fingerprint density at radius 2 is 1.46 bits per heavy atom. The third kappa shape index (κ3) is 8.23. The van der Waals surface area contributed by atoms with Crippen molar-refractivity contribution in [2.75, 3.05) is 11.9 Å². The maximum Gasteiger partial charge on any atom is 0.320 e. The zero-order valence-electron chi connectivity index (χ0n) is 21.5. The van der Waals surface area contributed by atoms with Crippen LogP contribution in [-0.4, -0.2) is 27.7 Å². The van der Waals surface area contributed by atoms with Gasteiger partial charge < -0.3 is 10.4 Å². The Balaban J connectivity index is 1.45. The minimum atomic E-state index is -0.254. The van der Waals surface area contributed by atoms with Crippen molar-refractivity contribution >= 4 is 22.9 Å². The second kappa shape index (κ2) is 13.7. The van der Waals surface area contributed by atoms with E-state index >= 15 is 0 Å². The number of phenols is 1. The van der Waals surface area contributed by atoms with Crippen LogP contribution in [0.2, 0.25) is 0 Å². The molecule has 0 unspecified atom stereocenters. The van der Waals surface area contributed by atoms with Crippen molar-refractivity contribution in [3.05, 3.63) is 47.7 Å². The molecule has 0 fully saturated rings. The van der Waals surface area contributed by atoms with E-state index in [9.17, 15) is 9.90 Å². The lowest BCUT2D eigenvalue weighted by atomic mass is 9.99. The number of nitrogens with one attached hydrogen (secondary N) is 2. The molecule has 0 spiro atoms. The Hall–Kier alpha value is -3.15. The van der Waals surface area contributed by atoms with Crippen molar-refractivity contribution in [3.8, 4) is 16.9 Å². The molecule has 2 aromatic carbocycles. The first-order chi connectivity index (χ1) is 17.0. The summed E-state index contributed by atoms with van der Waals surface area (Å²) in [4.78, 5) is 21.3.